The smallest absolute Gasteiger partial charge is 0.273 e. The molecule has 0 fully saturated rings. The highest BCUT2D eigenvalue weighted by molar-refractivity contribution is 7.98. The molecule has 1 aromatic heterocycles. The Labute approximate surface area is 108 Å². The standard InChI is InChI=1S/C12H11N3O2S/c13-10-5-3-7-14-12(10)18-8-9-4-1-2-6-11(9)15(16)17/h1-7H,8,13H2. The van der Waals surface area contributed by atoms with Gasteiger partial charge in [-0.1, -0.05) is 30.0 Å². The van der Waals surface area contributed by atoms with Crippen molar-refractivity contribution >= 4 is 23.1 Å². The average molecular weight is 261 g/mol. The molecule has 2 rings (SSSR count). The van der Waals surface area contributed by atoms with E-state index in [0.717, 1.165) is 0 Å². The van der Waals surface area contributed by atoms with Gasteiger partial charge in [0.25, 0.3) is 5.69 Å². The maximum Gasteiger partial charge on any atom is 0.273 e. The van der Waals surface area contributed by atoms with Crippen LogP contribution in [0.1, 0.15) is 5.56 Å². The molecule has 1 heterocycles. The molecule has 0 aliphatic carbocycles. The maximum absolute atomic E-state index is 10.9. The van der Waals surface area contributed by atoms with E-state index in [0.29, 0.717) is 22.0 Å². The van der Waals surface area contributed by atoms with Crippen molar-refractivity contribution in [2.45, 2.75) is 10.8 Å². The van der Waals surface area contributed by atoms with Crippen molar-refractivity contribution in [1.82, 2.24) is 4.98 Å². The molecule has 2 N–H and O–H groups in total. The summed E-state index contributed by atoms with van der Waals surface area (Å²) in [4.78, 5) is 14.6. The first-order valence-corrected chi connectivity index (χ1v) is 6.22. The maximum atomic E-state index is 10.9. The number of anilines is 1. The summed E-state index contributed by atoms with van der Waals surface area (Å²) in [5, 5.41) is 11.5. The van der Waals surface area contributed by atoms with E-state index < -0.39 is 0 Å². The van der Waals surface area contributed by atoms with Crippen LogP contribution in [-0.2, 0) is 5.75 Å². The number of para-hydroxylation sites is 1. The SMILES string of the molecule is Nc1cccnc1SCc1ccccc1[N+](=O)[O-]. The van der Waals surface area contributed by atoms with Crippen molar-refractivity contribution in [2.75, 3.05) is 5.73 Å². The van der Waals surface area contributed by atoms with Gasteiger partial charge >= 0.3 is 0 Å². The molecule has 0 atom stereocenters. The highest BCUT2D eigenvalue weighted by Gasteiger charge is 2.13. The molecule has 0 saturated carbocycles. The van der Waals surface area contributed by atoms with Crippen molar-refractivity contribution < 1.29 is 4.92 Å². The van der Waals surface area contributed by atoms with Gasteiger partial charge in [-0.15, -0.1) is 0 Å². The fourth-order valence-electron chi connectivity index (χ4n) is 1.48. The Morgan fingerprint density at radius 3 is 2.78 bits per heavy atom. The number of benzene rings is 1. The molecule has 0 aliphatic heterocycles. The average Bonchev–Trinajstić information content (AvgIpc) is 2.38. The lowest BCUT2D eigenvalue weighted by Crippen LogP contribution is -1.95. The molecule has 92 valence electrons. The summed E-state index contributed by atoms with van der Waals surface area (Å²) in [6.07, 6.45) is 1.65. The second-order valence-electron chi connectivity index (χ2n) is 3.57. The van der Waals surface area contributed by atoms with Crippen molar-refractivity contribution in [1.29, 1.82) is 0 Å². The molecule has 2 aromatic rings. The number of nitrogen functional groups attached to an aromatic ring is 1. The molecule has 6 heteroatoms. The van der Waals surface area contributed by atoms with E-state index in [9.17, 15) is 10.1 Å². The summed E-state index contributed by atoms with van der Waals surface area (Å²) < 4.78 is 0. The number of hydrogen-bond acceptors (Lipinski definition) is 5. The van der Waals surface area contributed by atoms with Gasteiger partial charge < -0.3 is 5.73 Å². The zero-order valence-electron chi connectivity index (χ0n) is 9.45. The van der Waals surface area contributed by atoms with Gasteiger partial charge in [-0.25, -0.2) is 4.98 Å². The van der Waals surface area contributed by atoms with Crippen LogP contribution >= 0.6 is 11.8 Å². The number of aromatic nitrogens is 1. The molecule has 0 saturated heterocycles. The van der Waals surface area contributed by atoms with Crippen LogP contribution in [0.25, 0.3) is 0 Å². The van der Waals surface area contributed by atoms with Gasteiger partial charge in [0.15, 0.2) is 0 Å². The van der Waals surface area contributed by atoms with Crippen LogP contribution in [0, 0.1) is 10.1 Å². The topological polar surface area (TPSA) is 82.0 Å². The number of nitrogens with two attached hydrogens (primary N) is 1. The molecular formula is C12H11N3O2S. The molecule has 5 nitrogen and oxygen atoms in total. The first-order chi connectivity index (χ1) is 8.68. The van der Waals surface area contributed by atoms with Crippen LogP contribution in [0.5, 0.6) is 0 Å². The molecular weight excluding hydrogens is 250 g/mol. The third-order valence-electron chi connectivity index (χ3n) is 2.35. The largest absolute Gasteiger partial charge is 0.397 e. The highest BCUT2D eigenvalue weighted by Crippen LogP contribution is 2.29. The van der Waals surface area contributed by atoms with E-state index >= 15 is 0 Å². The van der Waals surface area contributed by atoms with Gasteiger partial charge in [-0.05, 0) is 12.1 Å². The minimum absolute atomic E-state index is 0.125. The predicted molar refractivity (Wildman–Crippen MR) is 71.3 cm³/mol. The van der Waals surface area contributed by atoms with Gasteiger partial charge in [-0.2, -0.15) is 0 Å². The first kappa shape index (κ1) is 12.4. The number of rotatable bonds is 4. The van der Waals surface area contributed by atoms with Crippen LogP contribution in [0.2, 0.25) is 0 Å². The second kappa shape index (κ2) is 5.50. The Bertz CT molecular complexity index is 575. The Kier molecular flexibility index (Phi) is 3.78. The van der Waals surface area contributed by atoms with E-state index in [1.54, 1.807) is 36.5 Å². The molecule has 1 aromatic carbocycles. The molecule has 0 spiro atoms. The van der Waals surface area contributed by atoms with E-state index in [1.165, 1.54) is 17.8 Å². The van der Waals surface area contributed by atoms with Gasteiger partial charge in [0.1, 0.15) is 5.03 Å². The Hall–Kier alpha value is -2.08. The number of nitro benzene ring substituents is 1. The van der Waals surface area contributed by atoms with Crippen molar-refractivity contribution in [3.05, 3.63) is 58.3 Å². The minimum Gasteiger partial charge on any atom is -0.397 e. The Morgan fingerprint density at radius 1 is 1.28 bits per heavy atom. The lowest BCUT2D eigenvalue weighted by atomic mass is 10.2. The number of pyridine rings is 1. The summed E-state index contributed by atoms with van der Waals surface area (Å²) in [6.45, 7) is 0. The van der Waals surface area contributed by atoms with E-state index in [4.69, 9.17) is 5.73 Å². The summed E-state index contributed by atoms with van der Waals surface area (Å²) in [7, 11) is 0. The zero-order chi connectivity index (χ0) is 13.0. The van der Waals surface area contributed by atoms with Crippen molar-refractivity contribution in [2.24, 2.45) is 0 Å². The second-order valence-corrected chi connectivity index (χ2v) is 4.54. The van der Waals surface area contributed by atoms with Gasteiger partial charge in [-0.3, -0.25) is 10.1 Å². The van der Waals surface area contributed by atoms with Gasteiger partial charge in [0.05, 0.1) is 10.6 Å². The molecule has 0 radical (unpaired) electrons. The monoisotopic (exact) mass is 261 g/mol. The Morgan fingerprint density at radius 2 is 2.06 bits per heavy atom. The fourth-order valence-corrected chi connectivity index (χ4v) is 2.39. The van der Waals surface area contributed by atoms with Gasteiger partial charge in [0.2, 0.25) is 0 Å². The quantitative estimate of drug-likeness (QED) is 0.520. The lowest BCUT2D eigenvalue weighted by molar-refractivity contribution is -0.385. The minimum atomic E-state index is -0.377. The molecule has 0 aliphatic rings. The van der Waals surface area contributed by atoms with Crippen LogP contribution in [-0.4, -0.2) is 9.91 Å². The van der Waals surface area contributed by atoms with Gasteiger partial charge in [0, 0.05) is 23.6 Å². The summed E-state index contributed by atoms with van der Waals surface area (Å²) >= 11 is 1.39. The number of nitrogens with zero attached hydrogens (tertiary/aromatic N) is 2. The highest BCUT2D eigenvalue weighted by atomic mass is 32.2. The number of thioether (sulfide) groups is 1. The van der Waals surface area contributed by atoms with E-state index in [-0.39, 0.29) is 10.6 Å². The zero-order valence-corrected chi connectivity index (χ0v) is 10.3. The summed E-state index contributed by atoms with van der Waals surface area (Å²) in [5.74, 6) is 0.471. The summed E-state index contributed by atoms with van der Waals surface area (Å²) in [5.41, 5.74) is 7.14. The van der Waals surface area contributed by atoms with E-state index in [1.807, 2.05) is 0 Å². The Balaban J connectivity index is 2.16. The van der Waals surface area contributed by atoms with Crippen LogP contribution in [0.4, 0.5) is 11.4 Å². The third kappa shape index (κ3) is 2.78. The first-order valence-electron chi connectivity index (χ1n) is 5.24. The van der Waals surface area contributed by atoms with Crippen molar-refractivity contribution in [3.63, 3.8) is 0 Å². The predicted octanol–water partition coefficient (Wildman–Crippen LogP) is 2.86. The van der Waals surface area contributed by atoms with Crippen LogP contribution in [0.3, 0.4) is 0 Å². The van der Waals surface area contributed by atoms with E-state index in [2.05, 4.69) is 4.98 Å². The van der Waals surface area contributed by atoms with Crippen LogP contribution < -0.4 is 5.73 Å². The van der Waals surface area contributed by atoms with Crippen molar-refractivity contribution in [3.8, 4) is 0 Å². The number of nitro groups is 1. The number of hydrogen-bond donors (Lipinski definition) is 1. The lowest BCUT2D eigenvalue weighted by Gasteiger charge is -2.04. The normalized spacial score (nSPS) is 10.2. The third-order valence-corrected chi connectivity index (χ3v) is 3.42. The van der Waals surface area contributed by atoms with Crippen LogP contribution in [0.15, 0.2) is 47.6 Å². The summed E-state index contributed by atoms with van der Waals surface area (Å²) in [6, 6.07) is 10.2. The molecule has 0 unspecified atom stereocenters. The molecule has 0 amide bonds. The molecule has 18 heavy (non-hydrogen) atoms. The molecule has 0 bridgehead atoms. The fraction of sp³-hybridized carbons (Fsp3) is 0.0833.